The van der Waals surface area contributed by atoms with Crippen LogP contribution in [0.5, 0.6) is 0 Å². The van der Waals surface area contributed by atoms with Gasteiger partial charge in [0.05, 0.1) is 18.1 Å². The Morgan fingerprint density at radius 2 is 2.22 bits per heavy atom. The quantitative estimate of drug-likeness (QED) is 0.189. The Hall–Kier alpha value is -0.0400. The number of nitrogens with one attached hydrogen (secondary N) is 1. The maximum absolute atomic E-state index is 9.85. The molecule has 0 aliphatic carbocycles. The summed E-state index contributed by atoms with van der Waals surface area (Å²) in [5.41, 5.74) is 1.99. The summed E-state index contributed by atoms with van der Waals surface area (Å²) in [6, 6.07) is 0. The second kappa shape index (κ2) is 7.96. The molecule has 9 heavy (non-hydrogen) atoms. The van der Waals surface area contributed by atoms with Crippen LogP contribution in [-0.4, -0.2) is 58.0 Å². The topological polar surface area (TPSA) is 90.9 Å². The van der Waals surface area contributed by atoms with E-state index >= 15 is 0 Å². The van der Waals surface area contributed by atoms with Gasteiger partial charge in [-0.1, -0.05) is 0 Å². The average molecular weight is 145 g/mol. The summed E-state index contributed by atoms with van der Waals surface area (Å²) in [5, 5.41) is 27.7. The number of hydrogen-bond acceptors (Lipinski definition) is 3. The van der Waals surface area contributed by atoms with E-state index in [9.17, 15) is 5.21 Å². The fraction of sp³-hybridized carbons (Fsp3) is 1.00. The van der Waals surface area contributed by atoms with E-state index in [1.807, 2.05) is 5.43 Å². The monoisotopic (exact) mass is 145 g/mol. The molecule has 50 valence electrons. The molecule has 0 rings (SSSR count). The zero-order valence-corrected chi connectivity index (χ0v) is 4.11. The molecule has 3 N–H and O–H groups in total. The molecule has 0 spiro atoms. The first-order chi connectivity index (χ1) is 3.81. The second-order valence-corrected chi connectivity index (χ2v) is 0.994. The number of hydrazine groups is 1. The van der Waals surface area contributed by atoms with Gasteiger partial charge in [-0.2, -0.15) is 5.43 Å². The Kier molecular flexibility index (Phi) is 10.4. The molecule has 0 heterocycles. The molecule has 0 aromatic heterocycles. The number of aliphatic hydroxyl groups excluding tert-OH is 1. The van der Waals surface area contributed by atoms with Crippen LogP contribution in [0.25, 0.3) is 0 Å². The van der Waals surface area contributed by atoms with Crippen molar-refractivity contribution in [3.8, 4) is 0 Å². The van der Waals surface area contributed by atoms with Gasteiger partial charge in [-0.3, -0.25) is 0 Å². The number of rotatable bonds is 3. The molecule has 0 amide bonds. The van der Waals surface area contributed by atoms with Crippen LogP contribution in [0.2, 0.25) is 0 Å². The maximum atomic E-state index is 9.85. The van der Waals surface area contributed by atoms with Crippen LogP contribution in [-0.2, 0) is 0 Å². The Morgan fingerprint density at radius 3 is 2.56 bits per heavy atom. The van der Waals surface area contributed by atoms with Crippen molar-refractivity contribution < 1.29 is 15.3 Å². The molecule has 0 bridgehead atoms. The Balaban J connectivity index is 0. The molecule has 0 aromatic rings. The molecule has 0 radical (unpaired) electrons. The Morgan fingerprint density at radius 1 is 1.67 bits per heavy atom. The van der Waals surface area contributed by atoms with Gasteiger partial charge in [0.1, 0.15) is 0 Å². The molecule has 0 saturated carbocycles. The predicted molar refractivity (Wildman–Crippen MR) is 30.1 cm³/mol. The van der Waals surface area contributed by atoms with Crippen molar-refractivity contribution in [3.63, 3.8) is 0 Å². The van der Waals surface area contributed by atoms with E-state index in [1.165, 1.54) is 0 Å². The number of aliphatic hydroxyl groups is 1. The summed E-state index contributed by atoms with van der Waals surface area (Å²) in [5.74, 6) is 0. The molecule has 7 heteroatoms. The molecule has 0 saturated heterocycles. The minimum atomic E-state index is -0.172. The summed E-state index contributed by atoms with van der Waals surface area (Å²) in [6.45, 7) is -0.0954. The molecule has 0 aliphatic heterocycles. The fourth-order valence-electron chi connectivity index (χ4n) is 0.177. The van der Waals surface area contributed by atoms with Crippen molar-refractivity contribution in [2.75, 3.05) is 13.2 Å². The van der Waals surface area contributed by atoms with Gasteiger partial charge < -0.3 is 15.5 Å². The minimum absolute atomic E-state index is 0. The zero-order valence-electron chi connectivity index (χ0n) is 4.11. The van der Waals surface area contributed by atoms with E-state index in [2.05, 4.69) is 5.28 Å². The summed E-state index contributed by atoms with van der Waals surface area (Å²) in [7, 11) is 0. The third-order valence-electron chi connectivity index (χ3n) is 0.440. The van der Waals surface area contributed by atoms with Gasteiger partial charge in [-0.05, 0) is 0 Å². The summed E-state index contributed by atoms with van der Waals surface area (Å²) in [6.07, 6.45) is 0. The van der Waals surface area contributed by atoms with Crippen LogP contribution in [0.15, 0.2) is 5.28 Å². The molecule has 0 fully saturated rings. The van der Waals surface area contributed by atoms with Gasteiger partial charge in [-0.25, -0.2) is 0 Å². The average Bonchev–Trinajstić information content (AvgIpc) is 1.83. The van der Waals surface area contributed by atoms with E-state index in [4.69, 9.17) is 10.3 Å². The smallest absolute Gasteiger partial charge is 0.230 e. The van der Waals surface area contributed by atoms with Gasteiger partial charge in [0.2, 0.25) is 5.28 Å². The van der Waals surface area contributed by atoms with Crippen LogP contribution >= 0.6 is 0 Å². The van der Waals surface area contributed by atoms with Crippen molar-refractivity contribution in [2.24, 2.45) is 5.28 Å². The molecule has 0 aliphatic rings. The van der Waals surface area contributed by atoms with Crippen LogP contribution in [0, 0.1) is 5.21 Å². The normalized spacial score (nSPS) is 10.1. The van der Waals surface area contributed by atoms with E-state index in [0.717, 1.165) is 0 Å². The third-order valence-corrected chi connectivity index (χ3v) is 0.440. The fourth-order valence-corrected chi connectivity index (χ4v) is 0.177. The predicted octanol–water partition coefficient (Wildman–Crippen LogP) is -1.81. The number of nitrogens with zero attached hydrogens (tertiary/aromatic N) is 2. The van der Waals surface area contributed by atoms with Crippen molar-refractivity contribution in [2.45, 2.75) is 0 Å². The summed E-state index contributed by atoms with van der Waals surface area (Å²) in [4.78, 5) is -0.143. The third kappa shape index (κ3) is 7.96. The molecule has 0 unspecified atom stereocenters. The van der Waals surface area contributed by atoms with Gasteiger partial charge in [0, 0.05) is 0 Å². The van der Waals surface area contributed by atoms with E-state index in [0.29, 0.717) is 0 Å². The summed E-state index contributed by atoms with van der Waals surface area (Å²) >= 11 is 0. The number of hydrogen-bond donors (Lipinski definition) is 3. The minimum Gasteiger partial charge on any atom is -0.569 e. The molecular formula is C2H8N3NaO3. The maximum Gasteiger partial charge on any atom is 0.230 e. The Bertz CT molecular complexity index is 87.1. The van der Waals surface area contributed by atoms with E-state index in [-0.39, 0.29) is 47.7 Å². The molecule has 0 atom stereocenters. The van der Waals surface area contributed by atoms with E-state index < -0.39 is 0 Å². The van der Waals surface area contributed by atoms with Crippen LogP contribution in [0.3, 0.4) is 0 Å². The molecule has 6 nitrogen and oxygen atoms in total. The SMILES string of the molecule is [NaH].[O-]/[N+](=N/O)NCCO. The zero-order chi connectivity index (χ0) is 6.41. The van der Waals surface area contributed by atoms with Crippen molar-refractivity contribution in [1.29, 1.82) is 0 Å². The van der Waals surface area contributed by atoms with Crippen molar-refractivity contribution in [3.05, 3.63) is 5.21 Å². The largest absolute Gasteiger partial charge is 0.569 e. The van der Waals surface area contributed by atoms with Gasteiger partial charge in [-0.15, -0.1) is 0 Å². The van der Waals surface area contributed by atoms with Crippen LogP contribution in [0.1, 0.15) is 0 Å². The first-order valence-corrected chi connectivity index (χ1v) is 1.98. The first kappa shape index (κ1) is 11.7. The first-order valence-electron chi connectivity index (χ1n) is 1.98. The van der Waals surface area contributed by atoms with Crippen molar-refractivity contribution >= 4 is 29.6 Å². The van der Waals surface area contributed by atoms with E-state index in [1.54, 1.807) is 0 Å². The van der Waals surface area contributed by atoms with Gasteiger partial charge in [0.25, 0.3) is 0 Å². The second-order valence-electron chi connectivity index (χ2n) is 0.994. The van der Waals surface area contributed by atoms with Crippen LogP contribution in [0.4, 0.5) is 0 Å². The van der Waals surface area contributed by atoms with Crippen LogP contribution < -0.4 is 5.43 Å². The van der Waals surface area contributed by atoms with Gasteiger partial charge >= 0.3 is 29.6 Å². The Labute approximate surface area is 74.0 Å². The summed E-state index contributed by atoms with van der Waals surface area (Å²) < 4.78 is 0. The molecule has 0 aromatic carbocycles. The molecular weight excluding hydrogens is 137 g/mol. The van der Waals surface area contributed by atoms with Crippen molar-refractivity contribution in [1.82, 2.24) is 5.43 Å². The van der Waals surface area contributed by atoms with Gasteiger partial charge in [0.15, 0.2) is 0 Å². The standard InChI is InChI=1S/C2H7N3O3.Na.H/c6-2-1-3-5(8)4-7;;/h6-7H,1-2H2,(H,3,4);;.